The lowest BCUT2D eigenvalue weighted by Crippen LogP contribution is -2.31. The molecule has 0 spiro atoms. The Morgan fingerprint density at radius 2 is 2.06 bits per heavy atom. The largest absolute Gasteiger partial charge is 0.453 e. The summed E-state index contributed by atoms with van der Waals surface area (Å²) in [6.45, 7) is 0. The molecule has 0 unspecified atom stereocenters. The SMILES string of the molecule is COC(=O)Nc1ccc(C2(N=C=O)CCC2)cc1. The van der Waals surface area contributed by atoms with Crippen molar-refractivity contribution in [2.45, 2.75) is 24.8 Å². The number of hydrogen-bond donors (Lipinski definition) is 1. The Labute approximate surface area is 105 Å². The van der Waals surface area contributed by atoms with Crippen molar-refractivity contribution in [2.75, 3.05) is 12.4 Å². The summed E-state index contributed by atoms with van der Waals surface area (Å²) < 4.78 is 4.50. The van der Waals surface area contributed by atoms with E-state index in [1.807, 2.05) is 12.1 Å². The van der Waals surface area contributed by atoms with E-state index >= 15 is 0 Å². The van der Waals surface area contributed by atoms with Gasteiger partial charge in [-0.05, 0) is 37.0 Å². The molecule has 5 nitrogen and oxygen atoms in total. The highest BCUT2D eigenvalue weighted by Gasteiger charge is 2.38. The minimum atomic E-state index is -0.507. The summed E-state index contributed by atoms with van der Waals surface area (Å²) in [6, 6.07) is 7.27. The average Bonchev–Trinajstić information content (AvgIpc) is 2.35. The van der Waals surface area contributed by atoms with Crippen LogP contribution >= 0.6 is 0 Å². The van der Waals surface area contributed by atoms with E-state index in [2.05, 4.69) is 15.0 Å². The number of carbonyl (C=O) groups excluding carboxylic acids is 2. The van der Waals surface area contributed by atoms with Crippen LogP contribution in [0, 0.1) is 0 Å². The Morgan fingerprint density at radius 1 is 1.39 bits per heavy atom. The Kier molecular flexibility index (Phi) is 3.44. The summed E-state index contributed by atoms with van der Waals surface area (Å²) in [5.74, 6) is 0. The van der Waals surface area contributed by atoms with E-state index in [1.165, 1.54) is 7.11 Å². The molecule has 0 aliphatic heterocycles. The second kappa shape index (κ2) is 5.02. The molecule has 1 aromatic rings. The third-order valence-corrected chi connectivity index (χ3v) is 3.29. The van der Waals surface area contributed by atoms with Gasteiger partial charge in [-0.1, -0.05) is 12.1 Å². The minimum Gasteiger partial charge on any atom is -0.453 e. The van der Waals surface area contributed by atoms with Crippen LogP contribution in [0.3, 0.4) is 0 Å². The number of aliphatic imine (C=N–C) groups is 1. The number of nitrogens with one attached hydrogen (secondary N) is 1. The first kappa shape index (κ1) is 12.3. The first-order valence-electron chi connectivity index (χ1n) is 5.75. The van der Waals surface area contributed by atoms with Crippen LogP contribution in [0.4, 0.5) is 10.5 Å². The molecule has 1 aromatic carbocycles. The zero-order chi connectivity index (χ0) is 13.0. The molecular weight excluding hydrogens is 232 g/mol. The van der Waals surface area contributed by atoms with Gasteiger partial charge in [-0.2, -0.15) is 4.99 Å². The summed E-state index contributed by atoms with van der Waals surface area (Å²) in [5.41, 5.74) is 1.23. The molecule has 94 valence electrons. The second-order valence-electron chi connectivity index (χ2n) is 4.28. The molecule has 0 saturated heterocycles. The van der Waals surface area contributed by atoms with E-state index in [9.17, 15) is 9.59 Å². The van der Waals surface area contributed by atoms with Gasteiger partial charge in [0.25, 0.3) is 0 Å². The average molecular weight is 246 g/mol. The number of carbonyl (C=O) groups is 1. The maximum absolute atomic E-state index is 11.0. The monoisotopic (exact) mass is 246 g/mol. The molecule has 1 amide bonds. The molecule has 0 heterocycles. The first-order chi connectivity index (χ1) is 8.70. The minimum absolute atomic E-state index is 0.397. The molecule has 1 aliphatic rings. The van der Waals surface area contributed by atoms with E-state index in [0.717, 1.165) is 24.8 Å². The van der Waals surface area contributed by atoms with Crippen LogP contribution in [0.25, 0.3) is 0 Å². The molecule has 0 bridgehead atoms. The van der Waals surface area contributed by atoms with Crippen molar-refractivity contribution < 1.29 is 14.3 Å². The number of anilines is 1. The fourth-order valence-electron chi connectivity index (χ4n) is 2.10. The number of nitrogens with zero attached hydrogens (tertiary/aromatic N) is 1. The van der Waals surface area contributed by atoms with Crippen LogP contribution in [-0.4, -0.2) is 19.3 Å². The van der Waals surface area contributed by atoms with Gasteiger partial charge in [0, 0.05) is 5.69 Å². The Hall–Kier alpha value is -2.13. The number of ether oxygens (including phenoxy) is 1. The highest BCUT2D eigenvalue weighted by Crippen LogP contribution is 2.44. The van der Waals surface area contributed by atoms with Crippen LogP contribution in [0.2, 0.25) is 0 Å². The zero-order valence-electron chi connectivity index (χ0n) is 10.1. The lowest BCUT2D eigenvalue weighted by Gasteiger charge is -2.37. The standard InChI is InChI=1S/C13H14N2O3/c1-18-12(17)15-11-5-3-10(4-6-11)13(14-9-16)7-2-8-13/h3-6H,2,7-8H2,1H3,(H,15,17). The van der Waals surface area contributed by atoms with Crippen molar-refractivity contribution in [1.82, 2.24) is 0 Å². The molecule has 5 heteroatoms. The van der Waals surface area contributed by atoms with Crippen LogP contribution < -0.4 is 5.32 Å². The van der Waals surface area contributed by atoms with Gasteiger partial charge in [0.15, 0.2) is 0 Å². The zero-order valence-corrected chi connectivity index (χ0v) is 10.1. The molecule has 18 heavy (non-hydrogen) atoms. The molecule has 1 N–H and O–H groups in total. The molecule has 2 rings (SSSR count). The predicted octanol–water partition coefficient (Wildman–Crippen LogP) is 2.58. The van der Waals surface area contributed by atoms with Gasteiger partial charge < -0.3 is 4.74 Å². The van der Waals surface area contributed by atoms with Gasteiger partial charge in [-0.3, -0.25) is 5.32 Å². The van der Waals surface area contributed by atoms with E-state index in [-0.39, 0.29) is 0 Å². The second-order valence-corrected chi connectivity index (χ2v) is 4.28. The molecule has 0 radical (unpaired) electrons. The maximum Gasteiger partial charge on any atom is 0.411 e. The number of benzene rings is 1. The van der Waals surface area contributed by atoms with Crippen molar-refractivity contribution in [1.29, 1.82) is 0 Å². The lowest BCUT2D eigenvalue weighted by molar-refractivity contribution is 0.187. The van der Waals surface area contributed by atoms with Crippen LogP contribution in [0.1, 0.15) is 24.8 Å². The van der Waals surface area contributed by atoms with Gasteiger partial charge in [0.05, 0.1) is 12.6 Å². The normalized spacial score (nSPS) is 16.1. The van der Waals surface area contributed by atoms with Crippen molar-refractivity contribution in [2.24, 2.45) is 4.99 Å². The van der Waals surface area contributed by atoms with E-state index < -0.39 is 11.6 Å². The molecule has 0 atom stereocenters. The van der Waals surface area contributed by atoms with E-state index in [4.69, 9.17) is 0 Å². The van der Waals surface area contributed by atoms with Crippen molar-refractivity contribution in [3.05, 3.63) is 29.8 Å². The van der Waals surface area contributed by atoms with Crippen molar-refractivity contribution >= 4 is 17.9 Å². The van der Waals surface area contributed by atoms with Crippen molar-refractivity contribution in [3.8, 4) is 0 Å². The van der Waals surface area contributed by atoms with E-state index in [0.29, 0.717) is 5.69 Å². The highest BCUT2D eigenvalue weighted by atomic mass is 16.5. The topological polar surface area (TPSA) is 67.8 Å². The molecule has 1 saturated carbocycles. The highest BCUT2D eigenvalue weighted by molar-refractivity contribution is 5.84. The van der Waals surface area contributed by atoms with Crippen LogP contribution in [0.15, 0.2) is 29.3 Å². The number of rotatable bonds is 3. The van der Waals surface area contributed by atoms with Crippen LogP contribution in [0.5, 0.6) is 0 Å². The maximum atomic E-state index is 11.0. The third kappa shape index (κ3) is 2.26. The number of isocyanates is 1. The Morgan fingerprint density at radius 3 is 2.50 bits per heavy atom. The molecule has 1 aliphatic carbocycles. The van der Waals surface area contributed by atoms with Crippen molar-refractivity contribution in [3.63, 3.8) is 0 Å². The van der Waals surface area contributed by atoms with Gasteiger partial charge in [0.1, 0.15) is 0 Å². The van der Waals surface area contributed by atoms with Gasteiger partial charge in [-0.25, -0.2) is 9.59 Å². The quantitative estimate of drug-likeness (QED) is 0.658. The fraction of sp³-hybridized carbons (Fsp3) is 0.385. The smallest absolute Gasteiger partial charge is 0.411 e. The fourth-order valence-corrected chi connectivity index (χ4v) is 2.10. The van der Waals surface area contributed by atoms with Crippen LogP contribution in [-0.2, 0) is 15.1 Å². The molecule has 0 aromatic heterocycles. The van der Waals surface area contributed by atoms with Gasteiger partial charge in [0.2, 0.25) is 6.08 Å². The van der Waals surface area contributed by atoms with Gasteiger partial charge in [-0.15, -0.1) is 0 Å². The summed E-state index contributed by atoms with van der Waals surface area (Å²) in [6.07, 6.45) is 3.94. The first-order valence-corrected chi connectivity index (χ1v) is 5.75. The molecular formula is C13H14N2O3. The lowest BCUT2D eigenvalue weighted by atomic mass is 9.72. The Bertz CT molecular complexity index is 485. The number of hydrogen-bond acceptors (Lipinski definition) is 4. The summed E-state index contributed by atoms with van der Waals surface area (Å²) in [7, 11) is 1.31. The summed E-state index contributed by atoms with van der Waals surface area (Å²) in [4.78, 5) is 25.4. The van der Waals surface area contributed by atoms with Gasteiger partial charge >= 0.3 is 6.09 Å². The summed E-state index contributed by atoms with van der Waals surface area (Å²) in [5, 5.41) is 2.57. The predicted molar refractivity (Wildman–Crippen MR) is 66.1 cm³/mol. The number of methoxy groups -OCH3 is 1. The molecule has 1 fully saturated rings. The van der Waals surface area contributed by atoms with E-state index in [1.54, 1.807) is 18.2 Å². The summed E-state index contributed by atoms with van der Waals surface area (Å²) >= 11 is 0. The Balaban J connectivity index is 2.16. The number of amides is 1. The third-order valence-electron chi connectivity index (χ3n) is 3.29.